The van der Waals surface area contributed by atoms with Gasteiger partial charge in [-0.1, -0.05) is 52.4 Å². The van der Waals surface area contributed by atoms with Gasteiger partial charge < -0.3 is 9.84 Å². The summed E-state index contributed by atoms with van der Waals surface area (Å²) in [6, 6.07) is 6.85. The molecule has 0 fully saturated rings. The van der Waals surface area contributed by atoms with Gasteiger partial charge in [-0.15, -0.1) is 0 Å². The predicted octanol–water partition coefficient (Wildman–Crippen LogP) is 3.26. The van der Waals surface area contributed by atoms with Crippen molar-refractivity contribution in [2.45, 2.75) is 13.0 Å². The van der Waals surface area contributed by atoms with Crippen LogP contribution in [0.1, 0.15) is 18.6 Å². The van der Waals surface area contributed by atoms with Gasteiger partial charge in [0.05, 0.1) is 12.2 Å². The molecule has 0 spiro atoms. The Labute approximate surface area is 119 Å². The van der Waals surface area contributed by atoms with E-state index in [4.69, 9.17) is 16.3 Å². The monoisotopic (exact) mass is 366 g/mol. The Morgan fingerprint density at radius 2 is 2.24 bits per heavy atom. The number of halogens is 2. The fraction of sp³-hybridized carbons (Fsp3) is 0.250. The molecule has 0 saturated heterocycles. The first-order valence-electron chi connectivity index (χ1n) is 5.01. The van der Waals surface area contributed by atoms with E-state index in [9.17, 15) is 9.90 Å². The molecule has 0 heterocycles. The van der Waals surface area contributed by atoms with E-state index in [0.29, 0.717) is 10.6 Å². The first-order valence-corrected chi connectivity index (χ1v) is 6.64. The van der Waals surface area contributed by atoms with E-state index in [2.05, 4.69) is 0 Å². The van der Waals surface area contributed by atoms with Gasteiger partial charge in [-0.2, -0.15) is 0 Å². The highest BCUT2D eigenvalue weighted by Crippen LogP contribution is 2.29. The van der Waals surface area contributed by atoms with Crippen molar-refractivity contribution in [1.82, 2.24) is 0 Å². The number of aliphatic hydroxyl groups is 1. The van der Waals surface area contributed by atoms with Crippen LogP contribution in [-0.2, 0) is 9.53 Å². The van der Waals surface area contributed by atoms with Crippen LogP contribution in [0.5, 0.6) is 0 Å². The van der Waals surface area contributed by atoms with E-state index in [1.165, 1.54) is 4.08 Å². The third kappa shape index (κ3) is 3.69. The quantitative estimate of drug-likeness (QED) is 0.505. The van der Waals surface area contributed by atoms with Gasteiger partial charge in [0.25, 0.3) is 0 Å². The molecule has 0 amide bonds. The van der Waals surface area contributed by atoms with Crippen molar-refractivity contribution in [2.75, 3.05) is 6.61 Å². The molecule has 0 bridgehead atoms. The minimum atomic E-state index is -1.07. The van der Waals surface area contributed by atoms with Crippen LogP contribution < -0.4 is 0 Å². The van der Waals surface area contributed by atoms with Crippen molar-refractivity contribution < 1.29 is 14.6 Å². The molecule has 92 valence electrons. The van der Waals surface area contributed by atoms with Gasteiger partial charge in [0.2, 0.25) is 0 Å². The fourth-order valence-electron chi connectivity index (χ4n) is 1.29. The number of carbonyl (C=O) groups excluding carboxylic acids is 1. The maximum absolute atomic E-state index is 11.6. The van der Waals surface area contributed by atoms with E-state index in [0.717, 1.165) is 0 Å². The van der Waals surface area contributed by atoms with Crippen LogP contribution in [-0.4, -0.2) is 17.7 Å². The first kappa shape index (κ1) is 14.5. The average molecular weight is 367 g/mol. The molecule has 1 aromatic carbocycles. The highest BCUT2D eigenvalue weighted by molar-refractivity contribution is 14.1. The number of hydrogen-bond donors (Lipinski definition) is 1. The molecule has 3 nitrogen and oxygen atoms in total. The molecular weight excluding hydrogens is 354 g/mol. The summed E-state index contributed by atoms with van der Waals surface area (Å²) in [7, 11) is 0. The summed E-state index contributed by atoms with van der Waals surface area (Å²) < 4.78 is 6.37. The maximum atomic E-state index is 11.6. The molecule has 1 unspecified atom stereocenters. The topological polar surface area (TPSA) is 46.5 Å². The molecule has 17 heavy (non-hydrogen) atoms. The lowest BCUT2D eigenvalue weighted by molar-refractivity contribution is -0.139. The van der Waals surface area contributed by atoms with Gasteiger partial charge in [0, 0.05) is 10.6 Å². The molecule has 0 aromatic heterocycles. The summed E-state index contributed by atoms with van der Waals surface area (Å²) in [6.45, 7) is 1.98. The second kappa shape index (κ2) is 6.98. The standard InChI is InChI=1S/C12H12ClIO3/c1-2-17-12(16)9(7-14)11(15)8-5-3-4-6-10(8)13/h3-7,11,15H,2H2,1H3/b9-7+. The van der Waals surface area contributed by atoms with Crippen molar-refractivity contribution in [3.63, 3.8) is 0 Å². The van der Waals surface area contributed by atoms with Gasteiger partial charge in [0.15, 0.2) is 0 Å². The number of rotatable bonds is 4. The third-order valence-electron chi connectivity index (χ3n) is 2.12. The summed E-state index contributed by atoms with van der Waals surface area (Å²) in [4.78, 5) is 11.6. The normalized spacial score (nSPS) is 13.3. The number of benzene rings is 1. The lowest BCUT2D eigenvalue weighted by Gasteiger charge is -2.14. The third-order valence-corrected chi connectivity index (χ3v) is 3.14. The smallest absolute Gasteiger partial charge is 0.337 e. The Kier molecular flexibility index (Phi) is 5.94. The summed E-state index contributed by atoms with van der Waals surface area (Å²) in [6.07, 6.45) is -1.07. The zero-order chi connectivity index (χ0) is 12.8. The van der Waals surface area contributed by atoms with Crippen molar-refractivity contribution in [3.05, 3.63) is 44.5 Å². The van der Waals surface area contributed by atoms with Crippen LogP contribution in [0.25, 0.3) is 0 Å². The predicted molar refractivity (Wildman–Crippen MR) is 75.1 cm³/mol. The van der Waals surface area contributed by atoms with Crippen molar-refractivity contribution in [3.8, 4) is 0 Å². The molecule has 1 atom stereocenters. The van der Waals surface area contributed by atoms with Crippen LogP contribution in [0.2, 0.25) is 5.02 Å². The molecule has 5 heteroatoms. The van der Waals surface area contributed by atoms with Gasteiger partial charge in [-0.25, -0.2) is 4.79 Å². The highest BCUT2D eigenvalue weighted by atomic mass is 127. The molecule has 0 aliphatic heterocycles. The van der Waals surface area contributed by atoms with Crippen LogP contribution in [0.4, 0.5) is 0 Å². The van der Waals surface area contributed by atoms with E-state index in [1.807, 2.05) is 22.6 Å². The van der Waals surface area contributed by atoms with Crippen LogP contribution in [0, 0.1) is 0 Å². The lowest BCUT2D eigenvalue weighted by Crippen LogP contribution is -2.14. The summed E-state index contributed by atoms with van der Waals surface area (Å²) in [5.74, 6) is -0.533. The maximum Gasteiger partial charge on any atom is 0.337 e. The summed E-state index contributed by atoms with van der Waals surface area (Å²) >= 11 is 7.85. The van der Waals surface area contributed by atoms with E-state index < -0.39 is 12.1 Å². The van der Waals surface area contributed by atoms with E-state index in [-0.39, 0.29) is 12.2 Å². The number of hydrogen-bond acceptors (Lipinski definition) is 3. The Bertz CT molecular complexity index is 432. The molecule has 1 N–H and O–H groups in total. The van der Waals surface area contributed by atoms with Crippen molar-refractivity contribution in [2.24, 2.45) is 0 Å². The lowest BCUT2D eigenvalue weighted by atomic mass is 10.0. The Morgan fingerprint density at radius 1 is 1.59 bits per heavy atom. The van der Waals surface area contributed by atoms with Crippen molar-refractivity contribution in [1.29, 1.82) is 0 Å². The Hall–Kier alpha value is -0.590. The zero-order valence-corrected chi connectivity index (χ0v) is 12.1. The summed E-state index contributed by atoms with van der Waals surface area (Å²) in [5.41, 5.74) is 0.672. The molecule has 0 radical (unpaired) electrons. The van der Waals surface area contributed by atoms with E-state index >= 15 is 0 Å². The number of aliphatic hydroxyl groups excluding tert-OH is 1. The minimum absolute atomic E-state index is 0.181. The average Bonchev–Trinajstić information content (AvgIpc) is 2.30. The van der Waals surface area contributed by atoms with Crippen LogP contribution in [0.3, 0.4) is 0 Å². The largest absolute Gasteiger partial charge is 0.463 e. The first-order chi connectivity index (χ1) is 8.11. The fourth-order valence-corrected chi connectivity index (χ4v) is 2.13. The molecule has 1 aromatic rings. The van der Waals surface area contributed by atoms with Gasteiger partial charge >= 0.3 is 5.97 Å². The number of ether oxygens (including phenoxy) is 1. The summed E-state index contributed by atoms with van der Waals surface area (Å²) in [5, 5.41) is 10.5. The van der Waals surface area contributed by atoms with Crippen LogP contribution >= 0.6 is 34.2 Å². The molecule has 0 aliphatic rings. The number of carbonyl (C=O) groups is 1. The van der Waals surface area contributed by atoms with Gasteiger partial charge in [0.1, 0.15) is 6.10 Å². The molecule has 1 rings (SSSR count). The van der Waals surface area contributed by atoms with Crippen LogP contribution in [0.15, 0.2) is 33.9 Å². The highest BCUT2D eigenvalue weighted by Gasteiger charge is 2.22. The zero-order valence-electron chi connectivity index (χ0n) is 9.19. The second-order valence-corrected chi connectivity index (χ2v) is 4.24. The Morgan fingerprint density at radius 3 is 2.76 bits per heavy atom. The SMILES string of the molecule is CCOC(=O)/C(=C/I)C(O)c1ccccc1Cl. The number of esters is 1. The molecular formula is C12H12ClIO3. The van der Waals surface area contributed by atoms with E-state index in [1.54, 1.807) is 31.2 Å². The second-order valence-electron chi connectivity index (χ2n) is 3.21. The molecule has 0 saturated carbocycles. The molecule has 0 aliphatic carbocycles. The van der Waals surface area contributed by atoms with Crippen molar-refractivity contribution >= 4 is 40.2 Å². The van der Waals surface area contributed by atoms with Gasteiger partial charge in [-0.05, 0) is 17.1 Å². The van der Waals surface area contributed by atoms with Gasteiger partial charge in [-0.3, -0.25) is 0 Å². The minimum Gasteiger partial charge on any atom is -0.463 e. The Balaban J connectivity index is 2.99.